The van der Waals surface area contributed by atoms with Gasteiger partial charge < -0.3 is 0 Å². The van der Waals surface area contributed by atoms with E-state index in [0.717, 1.165) is 24.0 Å². The molecule has 0 atom stereocenters. The highest BCUT2D eigenvalue weighted by Gasteiger charge is 2.21. The highest BCUT2D eigenvalue weighted by atomic mass is 32.2. The minimum absolute atomic E-state index is 0.279. The summed E-state index contributed by atoms with van der Waals surface area (Å²) in [5.74, 6) is 2.94. The first-order valence-electron chi connectivity index (χ1n) is 7.70. The van der Waals surface area contributed by atoms with Crippen molar-refractivity contribution in [3.63, 3.8) is 0 Å². The molecule has 0 radical (unpaired) electrons. The molecule has 0 bridgehead atoms. The fraction of sp³-hybridized carbons (Fsp3) is 0.263. The van der Waals surface area contributed by atoms with Gasteiger partial charge in [-0.05, 0) is 43.5 Å². The lowest BCUT2D eigenvalue weighted by Gasteiger charge is -2.17. The Kier molecular flexibility index (Phi) is 5.84. The summed E-state index contributed by atoms with van der Waals surface area (Å²) in [5.41, 5.74) is 1.83. The molecule has 0 amide bonds. The van der Waals surface area contributed by atoms with Gasteiger partial charge in [0.25, 0.3) is 10.0 Å². The van der Waals surface area contributed by atoms with Crippen LogP contribution in [0.5, 0.6) is 0 Å². The lowest BCUT2D eigenvalue weighted by molar-refractivity contribution is 0.500. The second kappa shape index (κ2) is 7.85. The molecule has 0 saturated heterocycles. The van der Waals surface area contributed by atoms with Crippen LogP contribution in [0.2, 0.25) is 0 Å². The van der Waals surface area contributed by atoms with E-state index in [1.165, 1.54) is 4.31 Å². The van der Waals surface area contributed by atoms with Crippen molar-refractivity contribution >= 4 is 10.0 Å². The Labute approximate surface area is 139 Å². The van der Waals surface area contributed by atoms with Crippen LogP contribution in [0.1, 0.15) is 30.9 Å². The first kappa shape index (κ1) is 17.1. The summed E-state index contributed by atoms with van der Waals surface area (Å²) in [6, 6.07) is 19.1. The SMILES string of the molecule is CCCCN(C#Cc1ccccc1)S(=O)(=O)c1ccc(C)cc1. The molecule has 0 heterocycles. The summed E-state index contributed by atoms with van der Waals surface area (Å²) in [7, 11) is -3.60. The maximum absolute atomic E-state index is 12.8. The van der Waals surface area contributed by atoms with Crippen molar-refractivity contribution in [3.05, 3.63) is 65.7 Å². The number of hydrogen-bond donors (Lipinski definition) is 0. The summed E-state index contributed by atoms with van der Waals surface area (Å²) >= 11 is 0. The number of rotatable bonds is 5. The van der Waals surface area contributed by atoms with E-state index < -0.39 is 10.0 Å². The van der Waals surface area contributed by atoms with E-state index in [0.29, 0.717) is 6.54 Å². The van der Waals surface area contributed by atoms with Crippen LogP contribution >= 0.6 is 0 Å². The molecule has 2 aromatic rings. The molecule has 0 N–H and O–H groups in total. The van der Waals surface area contributed by atoms with Gasteiger partial charge >= 0.3 is 0 Å². The van der Waals surface area contributed by atoms with Gasteiger partial charge in [-0.15, -0.1) is 0 Å². The van der Waals surface area contributed by atoms with Crippen LogP contribution in [0.15, 0.2) is 59.5 Å². The second-order valence-corrected chi connectivity index (χ2v) is 7.21. The quantitative estimate of drug-likeness (QED) is 0.619. The molecule has 0 fully saturated rings. The molecule has 0 aliphatic heterocycles. The number of nitrogens with zero attached hydrogens (tertiary/aromatic N) is 1. The van der Waals surface area contributed by atoms with Gasteiger partial charge in [0.2, 0.25) is 0 Å². The van der Waals surface area contributed by atoms with Crippen molar-refractivity contribution < 1.29 is 8.42 Å². The predicted octanol–water partition coefficient (Wildman–Crippen LogP) is 3.80. The molecule has 2 rings (SSSR count). The summed E-state index contributed by atoms with van der Waals surface area (Å²) in [6.45, 7) is 4.36. The number of unbranched alkanes of at least 4 members (excludes halogenated alkanes) is 1. The highest BCUT2D eigenvalue weighted by molar-refractivity contribution is 7.89. The monoisotopic (exact) mass is 327 g/mol. The van der Waals surface area contributed by atoms with E-state index in [2.05, 4.69) is 12.0 Å². The van der Waals surface area contributed by atoms with E-state index in [1.807, 2.05) is 44.2 Å². The number of hydrogen-bond acceptors (Lipinski definition) is 2. The van der Waals surface area contributed by atoms with Gasteiger partial charge in [-0.3, -0.25) is 0 Å². The maximum atomic E-state index is 12.8. The van der Waals surface area contributed by atoms with Crippen molar-refractivity contribution in [1.29, 1.82) is 0 Å². The zero-order valence-electron chi connectivity index (χ0n) is 13.5. The second-order valence-electron chi connectivity index (χ2n) is 5.35. The van der Waals surface area contributed by atoms with Gasteiger partial charge in [-0.2, -0.15) is 0 Å². The summed E-state index contributed by atoms with van der Waals surface area (Å²) < 4.78 is 26.8. The van der Waals surface area contributed by atoms with Crippen molar-refractivity contribution in [1.82, 2.24) is 4.31 Å². The Balaban J connectivity index is 2.34. The van der Waals surface area contributed by atoms with Crippen LogP contribution in [0.4, 0.5) is 0 Å². The third-order valence-corrected chi connectivity index (χ3v) is 5.14. The Hall–Kier alpha value is -2.25. The molecular formula is C19H21NO2S. The summed E-state index contributed by atoms with van der Waals surface area (Å²) in [6.07, 6.45) is 1.68. The lowest BCUT2D eigenvalue weighted by Crippen LogP contribution is -2.27. The minimum atomic E-state index is -3.60. The molecule has 2 aromatic carbocycles. The Morgan fingerprint density at radius 2 is 1.65 bits per heavy atom. The van der Waals surface area contributed by atoms with Crippen molar-refractivity contribution in [2.75, 3.05) is 6.54 Å². The smallest absolute Gasteiger partial charge is 0.224 e. The first-order valence-corrected chi connectivity index (χ1v) is 9.14. The summed E-state index contributed by atoms with van der Waals surface area (Å²) in [5, 5.41) is 0. The van der Waals surface area contributed by atoms with Crippen molar-refractivity contribution in [2.45, 2.75) is 31.6 Å². The molecule has 0 spiro atoms. The van der Waals surface area contributed by atoms with Gasteiger partial charge in [0.1, 0.15) is 0 Å². The van der Waals surface area contributed by atoms with Crippen LogP contribution in [0, 0.1) is 18.9 Å². The normalized spacial score (nSPS) is 10.7. The number of sulfonamides is 1. The molecule has 0 unspecified atom stereocenters. The van der Waals surface area contributed by atoms with E-state index in [9.17, 15) is 8.42 Å². The Morgan fingerprint density at radius 1 is 1.00 bits per heavy atom. The van der Waals surface area contributed by atoms with Crippen LogP contribution in [0.3, 0.4) is 0 Å². The predicted molar refractivity (Wildman–Crippen MR) is 93.3 cm³/mol. The van der Waals surface area contributed by atoms with Crippen LogP contribution in [-0.4, -0.2) is 19.3 Å². The molecule has 120 valence electrons. The van der Waals surface area contributed by atoms with E-state index >= 15 is 0 Å². The van der Waals surface area contributed by atoms with Gasteiger partial charge in [-0.25, -0.2) is 12.7 Å². The molecular weight excluding hydrogens is 306 g/mol. The Bertz CT molecular complexity index is 785. The van der Waals surface area contributed by atoms with Gasteiger partial charge in [0, 0.05) is 18.2 Å². The molecule has 0 aliphatic rings. The topological polar surface area (TPSA) is 37.4 Å². The largest absolute Gasteiger partial charge is 0.270 e. The third-order valence-electron chi connectivity index (χ3n) is 3.42. The lowest BCUT2D eigenvalue weighted by atomic mass is 10.2. The van der Waals surface area contributed by atoms with Gasteiger partial charge in [-0.1, -0.05) is 49.2 Å². The van der Waals surface area contributed by atoms with E-state index in [1.54, 1.807) is 24.3 Å². The highest BCUT2D eigenvalue weighted by Crippen LogP contribution is 2.16. The average Bonchev–Trinajstić information content (AvgIpc) is 2.56. The van der Waals surface area contributed by atoms with Crippen LogP contribution in [0.25, 0.3) is 0 Å². The zero-order chi connectivity index (χ0) is 16.7. The maximum Gasteiger partial charge on any atom is 0.270 e. The Morgan fingerprint density at radius 3 is 2.26 bits per heavy atom. The molecule has 0 aliphatic carbocycles. The molecule has 23 heavy (non-hydrogen) atoms. The molecule has 4 heteroatoms. The average molecular weight is 327 g/mol. The molecule has 3 nitrogen and oxygen atoms in total. The van der Waals surface area contributed by atoms with Crippen molar-refractivity contribution in [3.8, 4) is 12.0 Å². The minimum Gasteiger partial charge on any atom is -0.224 e. The first-order chi connectivity index (χ1) is 11.0. The van der Waals surface area contributed by atoms with Gasteiger partial charge in [0.15, 0.2) is 0 Å². The van der Waals surface area contributed by atoms with E-state index in [-0.39, 0.29) is 4.90 Å². The number of aryl methyl sites for hydroxylation is 1. The fourth-order valence-electron chi connectivity index (χ4n) is 2.02. The van der Waals surface area contributed by atoms with Gasteiger partial charge in [0.05, 0.1) is 4.90 Å². The molecule has 0 saturated carbocycles. The van der Waals surface area contributed by atoms with E-state index in [4.69, 9.17) is 0 Å². The standard InChI is InChI=1S/C19H21NO2S/c1-3-4-15-20(16-14-18-8-6-5-7-9-18)23(21,22)19-12-10-17(2)11-13-19/h5-13H,3-4,15H2,1-2H3. The summed E-state index contributed by atoms with van der Waals surface area (Å²) in [4.78, 5) is 0.279. The van der Waals surface area contributed by atoms with Crippen LogP contribution < -0.4 is 0 Å². The van der Waals surface area contributed by atoms with Crippen LogP contribution in [-0.2, 0) is 10.0 Å². The number of benzene rings is 2. The molecule has 0 aromatic heterocycles. The zero-order valence-corrected chi connectivity index (χ0v) is 14.3. The third kappa shape index (κ3) is 4.61. The fourth-order valence-corrected chi connectivity index (χ4v) is 3.29. The van der Waals surface area contributed by atoms with Crippen molar-refractivity contribution in [2.24, 2.45) is 0 Å².